The van der Waals surface area contributed by atoms with Gasteiger partial charge in [0.15, 0.2) is 0 Å². The first-order chi connectivity index (χ1) is 5.54. The van der Waals surface area contributed by atoms with Gasteiger partial charge in [-0.1, -0.05) is 6.92 Å². The average Bonchev–Trinajstić information content (AvgIpc) is 2.00. The van der Waals surface area contributed by atoms with Gasteiger partial charge in [0.25, 0.3) is 0 Å². The van der Waals surface area contributed by atoms with Crippen molar-refractivity contribution in [2.75, 3.05) is 6.61 Å². The molecule has 2 unspecified atom stereocenters. The van der Waals surface area contributed by atoms with E-state index >= 15 is 0 Å². The minimum Gasteiger partial charge on any atom is -0.547 e. The number of ether oxygens (including phenoxy) is 1. The van der Waals surface area contributed by atoms with Crippen LogP contribution in [-0.4, -0.2) is 41.1 Å². The molecule has 0 aromatic carbocycles. The number of carbonyl (C=O) groups excluding carboxylic acids is 1. The smallest absolute Gasteiger partial charge is 0.547 e. The number of aliphatic hydroxyl groups excluding tert-OH is 2. The van der Waals surface area contributed by atoms with Crippen molar-refractivity contribution in [3.8, 4) is 0 Å². The van der Waals surface area contributed by atoms with Crippen LogP contribution in [0.2, 0.25) is 0 Å². The molecule has 0 saturated carbocycles. The van der Waals surface area contributed by atoms with Gasteiger partial charge in [-0.3, -0.25) is 0 Å². The topological polar surface area (TPSA) is 89.8 Å². The largest absolute Gasteiger partial charge is 1.00 e. The summed E-state index contributed by atoms with van der Waals surface area (Å²) in [7, 11) is 0. The molecule has 1 aliphatic rings. The van der Waals surface area contributed by atoms with E-state index in [1.807, 2.05) is 0 Å². The average molecular weight is 198 g/mol. The number of hydrogen-bond donors (Lipinski definition) is 2. The minimum atomic E-state index is -1.49. The molecule has 0 amide bonds. The normalized spacial score (nSPS) is 39.3. The Morgan fingerprint density at radius 1 is 1.46 bits per heavy atom. The first kappa shape index (κ1) is 13.4. The van der Waals surface area contributed by atoms with Crippen molar-refractivity contribution in [3.05, 3.63) is 0 Å². The van der Waals surface area contributed by atoms with Crippen molar-refractivity contribution in [1.29, 1.82) is 0 Å². The molecular formula is C7H11NaO5. The Hall–Kier alpha value is 0.350. The summed E-state index contributed by atoms with van der Waals surface area (Å²) in [5, 5.41) is 28.7. The molecular weight excluding hydrogens is 187 g/mol. The van der Waals surface area contributed by atoms with Crippen molar-refractivity contribution in [2.45, 2.75) is 25.2 Å². The summed E-state index contributed by atoms with van der Waals surface area (Å²) < 4.78 is 4.76. The van der Waals surface area contributed by atoms with Gasteiger partial charge in [0, 0.05) is 5.92 Å². The molecule has 0 bridgehead atoms. The quantitative estimate of drug-likeness (QED) is 0.410. The second kappa shape index (κ2) is 5.29. The van der Waals surface area contributed by atoms with E-state index in [0.29, 0.717) is 0 Å². The first-order valence-corrected chi connectivity index (χ1v) is 3.72. The van der Waals surface area contributed by atoms with E-state index in [2.05, 4.69) is 0 Å². The van der Waals surface area contributed by atoms with E-state index in [0.717, 1.165) is 0 Å². The second-order valence-corrected chi connectivity index (χ2v) is 3.03. The third-order valence-electron chi connectivity index (χ3n) is 2.01. The fourth-order valence-electron chi connectivity index (χ4n) is 1.18. The van der Waals surface area contributed by atoms with E-state index in [1.165, 1.54) is 0 Å². The Morgan fingerprint density at radius 3 is 2.46 bits per heavy atom. The molecule has 0 spiro atoms. The van der Waals surface area contributed by atoms with E-state index in [4.69, 9.17) is 4.74 Å². The van der Waals surface area contributed by atoms with Gasteiger partial charge < -0.3 is 24.9 Å². The molecule has 1 fully saturated rings. The molecule has 1 rings (SSSR count). The zero-order valence-corrected chi connectivity index (χ0v) is 9.64. The number of aliphatic carboxylic acids is 1. The molecule has 13 heavy (non-hydrogen) atoms. The first-order valence-electron chi connectivity index (χ1n) is 3.72. The van der Waals surface area contributed by atoms with Crippen LogP contribution in [-0.2, 0) is 9.53 Å². The summed E-state index contributed by atoms with van der Waals surface area (Å²) in [4.78, 5) is 10.3. The number of hydrogen-bond acceptors (Lipinski definition) is 5. The number of aliphatic hydroxyl groups is 2. The second-order valence-electron chi connectivity index (χ2n) is 3.03. The maximum Gasteiger partial charge on any atom is 1.00 e. The molecule has 4 atom stereocenters. The zero-order chi connectivity index (χ0) is 9.30. The minimum absolute atomic E-state index is 0. The molecule has 6 heteroatoms. The molecule has 0 radical (unpaired) electrons. The number of carbonyl (C=O) groups is 1. The van der Waals surface area contributed by atoms with Crippen LogP contribution in [0.4, 0.5) is 0 Å². The SMILES string of the molecule is CC1COC(C(=O)[O-])[C@H](O)[C@@H]1O.[Na+]. The van der Waals surface area contributed by atoms with E-state index in [-0.39, 0.29) is 42.1 Å². The fourth-order valence-corrected chi connectivity index (χ4v) is 1.18. The predicted octanol–water partition coefficient (Wildman–Crippen LogP) is -5.50. The Kier molecular flexibility index (Phi) is 5.43. The Balaban J connectivity index is 0.00000144. The van der Waals surface area contributed by atoms with E-state index in [9.17, 15) is 20.1 Å². The fraction of sp³-hybridized carbons (Fsp3) is 0.857. The van der Waals surface area contributed by atoms with Crippen LogP contribution in [0.3, 0.4) is 0 Å². The van der Waals surface area contributed by atoms with Crippen molar-refractivity contribution in [3.63, 3.8) is 0 Å². The van der Waals surface area contributed by atoms with Gasteiger partial charge in [-0.15, -0.1) is 0 Å². The van der Waals surface area contributed by atoms with Gasteiger partial charge in [-0.2, -0.15) is 0 Å². The van der Waals surface area contributed by atoms with E-state index in [1.54, 1.807) is 6.92 Å². The van der Waals surface area contributed by atoms with E-state index < -0.39 is 24.3 Å². The number of rotatable bonds is 1. The van der Waals surface area contributed by atoms with Crippen molar-refractivity contribution >= 4 is 5.97 Å². The summed E-state index contributed by atoms with van der Waals surface area (Å²) in [6.07, 6.45) is -3.85. The summed E-state index contributed by atoms with van der Waals surface area (Å²) >= 11 is 0. The van der Waals surface area contributed by atoms with Gasteiger partial charge in [-0.25, -0.2) is 0 Å². The molecule has 1 aliphatic heterocycles. The Bertz CT molecular complexity index is 186. The Labute approximate surface area is 98.0 Å². The molecule has 1 saturated heterocycles. The van der Waals surface area contributed by atoms with Gasteiger partial charge >= 0.3 is 29.6 Å². The summed E-state index contributed by atoms with van der Waals surface area (Å²) in [6, 6.07) is 0. The van der Waals surface area contributed by atoms with Crippen LogP contribution in [0.1, 0.15) is 6.92 Å². The number of carboxylic acids is 1. The summed E-state index contributed by atoms with van der Waals surface area (Å²) in [5.74, 6) is -1.75. The molecule has 70 valence electrons. The monoisotopic (exact) mass is 198 g/mol. The van der Waals surface area contributed by atoms with Crippen LogP contribution in [0.5, 0.6) is 0 Å². The number of carboxylic acid groups (broad SMARTS) is 1. The summed E-state index contributed by atoms with van der Waals surface area (Å²) in [6.45, 7) is 1.79. The van der Waals surface area contributed by atoms with Crippen LogP contribution >= 0.6 is 0 Å². The molecule has 5 nitrogen and oxygen atoms in total. The maximum absolute atomic E-state index is 10.3. The molecule has 0 aromatic rings. The standard InChI is InChI=1S/C7H12O5.Na/c1-3-2-12-6(7(10)11)5(9)4(3)8;/h3-6,8-9H,2H2,1H3,(H,10,11);/q;+1/p-1/t3?,4-,5-,6?;/m1./s1. The summed E-state index contributed by atoms with van der Waals surface area (Å²) in [5.41, 5.74) is 0. The van der Waals surface area contributed by atoms with Crippen molar-refractivity contribution in [1.82, 2.24) is 0 Å². The van der Waals surface area contributed by atoms with Gasteiger partial charge in [0.05, 0.1) is 18.7 Å². The third kappa shape index (κ3) is 2.90. The predicted molar refractivity (Wildman–Crippen MR) is 35.9 cm³/mol. The molecule has 1 heterocycles. The zero-order valence-electron chi connectivity index (χ0n) is 7.64. The van der Waals surface area contributed by atoms with Gasteiger partial charge in [0.2, 0.25) is 0 Å². The van der Waals surface area contributed by atoms with Crippen LogP contribution in [0.25, 0.3) is 0 Å². The third-order valence-corrected chi connectivity index (χ3v) is 2.01. The van der Waals surface area contributed by atoms with Crippen molar-refractivity contribution in [2.24, 2.45) is 5.92 Å². The molecule has 2 N–H and O–H groups in total. The van der Waals surface area contributed by atoms with Crippen LogP contribution in [0.15, 0.2) is 0 Å². The van der Waals surface area contributed by atoms with Gasteiger partial charge in [0.1, 0.15) is 12.2 Å². The molecule has 0 aromatic heterocycles. The molecule has 0 aliphatic carbocycles. The Morgan fingerprint density at radius 2 is 2.00 bits per heavy atom. The van der Waals surface area contributed by atoms with Crippen molar-refractivity contribution < 1.29 is 54.4 Å². The van der Waals surface area contributed by atoms with Gasteiger partial charge in [-0.05, 0) is 0 Å². The maximum atomic E-state index is 10.3. The van der Waals surface area contributed by atoms with Crippen LogP contribution < -0.4 is 34.7 Å². The van der Waals surface area contributed by atoms with Crippen LogP contribution in [0, 0.1) is 5.92 Å².